The lowest BCUT2D eigenvalue weighted by atomic mass is 10.0. The first kappa shape index (κ1) is 22.7. The van der Waals surface area contributed by atoms with Gasteiger partial charge in [-0.2, -0.15) is 0 Å². The molecule has 1 fully saturated rings. The van der Waals surface area contributed by atoms with Crippen molar-refractivity contribution in [2.24, 2.45) is 0 Å². The molecule has 2 heterocycles. The first-order valence-corrected chi connectivity index (χ1v) is 11.7. The van der Waals surface area contributed by atoms with Gasteiger partial charge in [-0.1, -0.05) is 60.2 Å². The summed E-state index contributed by atoms with van der Waals surface area (Å²) in [4.78, 5) is 31.6. The number of aryl methyl sites for hydroxylation is 2. The molecule has 1 aromatic heterocycles. The summed E-state index contributed by atoms with van der Waals surface area (Å²) in [6.07, 6.45) is 0. The average molecular weight is 469 g/mol. The number of nitrogens with one attached hydrogen (secondary N) is 3. The predicted molar refractivity (Wildman–Crippen MR) is 139 cm³/mol. The molecule has 0 bridgehead atoms. The van der Waals surface area contributed by atoms with Crippen LogP contribution >= 0.6 is 0 Å². The van der Waals surface area contributed by atoms with Gasteiger partial charge >= 0.3 is 6.03 Å². The Morgan fingerprint density at radius 2 is 1.63 bits per heavy atom. The Bertz CT molecular complexity index is 1390. The number of carbonyl (C=O) groups is 2. The third kappa shape index (κ3) is 4.63. The summed E-state index contributed by atoms with van der Waals surface area (Å²) >= 11 is 0. The van der Waals surface area contributed by atoms with Crippen molar-refractivity contribution in [3.63, 3.8) is 0 Å². The van der Waals surface area contributed by atoms with E-state index in [1.165, 1.54) is 0 Å². The van der Waals surface area contributed by atoms with Crippen LogP contribution in [0.3, 0.4) is 0 Å². The number of fused-ring (bicyclic) bond motifs is 1. The molecule has 7 heteroatoms. The van der Waals surface area contributed by atoms with Gasteiger partial charge in [0.2, 0.25) is 0 Å². The van der Waals surface area contributed by atoms with E-state index in [2.05, 4.69) is 15.6 Å². The fourth-order valence-corrected chi connectivity index (χ4v) is 4.54. The van der Waals surface area contributed by atoms with Gasteiger partial charge in [-0.05, 0) is 37.1 Å². The molecule has 1 aliphatic rings. The molecule has 1 aliphatic heterocycles. The number of para-hydroxylation sites is 1. The first-order chi connectivity index (χ1) is 17.0. The lowest BCUT2D eigenvalue weighted by molar-refractivity contribution is 0.0300. The smallest absolute Gasteiger partial charge is 0.323 e. The second-order valence-electron chi connectivity index (χ2n) is 8.77. The number of benzene rings is 3. The zero-order valence-corrected chi connectivity index (χ0v) is 19.9. The molecule has 3 aromatic carbocycles. The minimum Gasteiger partial charge on any atom is -0.378 e. The Morgan fingerprint density at radius 3 is 2.37 bits per heavy atom. The Hall–Kier alpha value is -4.10. The quantitative estimate of drug-likeness (QED) is 0.366. The normalized spacial score (nSPS) is 13.6. The van der Waals surface area contributed by atoms with Gasteiger partial charge in [-0.15, -0.1) is 0 Å². The van der Waals surface area contributed by atoms with Crippen molar-refractivity contribution < 1.29 is 14.3 Å². The molecule has 0 saturated carbocycles. The minimum atomic E-state index is -0.346. The van der Waals surface area contributed by atoms with Crippen LogP contribution in [0.2, 0.25) is 0 Å². The molecule has 0 unspecified atom stereocenters. The molecule has 3 N–H and O–H groups in total. The van der Waals surface area contributed by atoms with Crippen LogP contribution in [-0.4, -0.2) is 48.1 Å². The zero-order valence-electron chi connectivity index (χ0n) is 19.9. The summed E-state index contributed by atoms with van der Waals surface area (Å²) in [7, 11) is 0. The topological polar surface area (TPSA) is 86.5 Å². The lowest BCUT2D eigenvalue weighted by Crippen LogP contribution is -2.41. The van der Waals surface area contributed by atoms with E-state index >= 15 is 0 Å². The summed E-state index contributed by atoms with van der Waals surface area (Å²) in [5.74, 6) is -0.0750. The number of amides is 3. The van der Waals surface area contributed by atoms with Crippen molar-refractivity contribution in [2.45, 2.75) is 13.8 Å². The van der Waals surface area contributed by atoms with Crippen LogP contribution in [0.5, 0.6) is 0 Å². The Kier molecular flexibility index (Phi) is 6.25. The summed E-state index contributed by atoms with van der Waals surface area (Å²) in [6, 6.07) is 21.1. The highest BCUT2D eigenvalue weighted by atomic mass is 16.5. The zero-order chi connectivity index (χ0) is 24.4. The number of nitrogens with zero attached hydrogens (tertiary/aromatic N) is 1. The molecular formula is C28H28N4O3. The second-order valence-corrected chi connectivity index (χ2v) is 8.77. The fourth-order valence-electron chi connectivity index (χ4n) is 4.54. The van der Waals surface area contributed by atoms with Crippen molar-refractivity contribution in [1.82, 2.24) is 9.88 Å². The van der Waals surface area contributed by atoms with Crippen LogP contribution in [0.15, 0.2) is 66.7 Å². The molecule has 0 spiro atoms. The number of ether oxygens (including phenoxy) is 1. The number of hydrogen-bond donors (Lipinski definition) is 3. The number of hydrogen-bond acceptors (Lipinski definition) is 3. The largest absolute Gasteiger partial charge is 0.378 e. The summed E-state index contributed by atoms with van der Waals surface area (Å²) in [6.45, 7) is 6.13. The molecule has 0 aliphatic carbocycles. The number of morpholine rings is 1. The summed E-state index contributed by atoms with van der Waals surface area (Å²) in [5, 5.41) is 6.76. The fraction of sp³-hybridized carbons (Fsp3) is 0.214. The van der Waals surface area contributed by atoms with Crippen molar-refractivity contribution in [3.05, 3.63) is 83.6 Å². The van der Waals surface area contributed by atoms with Crippen molar-refractivity contribution in [2.75, 3.05) is 36.9 Å². The van der Waals surface area contributed by atoms with Gasteiger partial charge < -0.3 is 25.3 Å². The Morgan fingerprint density at radius 1 is 0.886 bits per heavy atom. The number of aromatic amines is 1. The molecular weight excluding hydrogens is 440 g/mol. The SMILES string of the molecule is Cc1ccc(NC(=O)Nc2cccc3c(-c4ccccc4)c(C(=O)N4CCOCC4)[nH]c23)c(C)c1. The third-order valence-corrected chi connectivity index (χ3v) is 6.29. The standard InChI is InChI=1S/C28H28N4O3/c1-18-11-12-22(19(2)17-18)29-28(34)30-23-10-6-9-21-24(20-7-4-3-5-8-20)26(31-25(21)23)27(33)32-13-15-35-16-14-32/h3-12,17,31H,13-16H2,1-2H3,(H2,29,30,34). The lowest BCUT2D eigenvalue weighted by Gasteiger charge is -2.26. The van der Waals surface area contributed by atoms with Crippen LogP contribution < -0.4 is 10.6 Å². The van der Waals surface area contributed by atoms with Gasteiger partial charge in [0.25, 0.3) is 5.91 Å². The van der Waals surface area contributed by atoms with Crippen LogP contribution in [0, 0.1) is 13.8 Å². The van der Waals surface area contributed by atoms with Crippen molar-refractivity contribution in [1.29, 1.82) is 0 Å². The number of carbonyl (C=O) groups excluding carboxylic acids is 2. The number of anilines is 2. The number of aromatic nitrogens is 1. The monoisotopic (exact) mass is 468 g/mol. The maximum atomic E-state index is 13.5. The van der Waals surface area contributed by atoms with Gasteiger partial charge in [-0.3, -0.25) is 4.79 Å². The maximum absolute atomic E-state index is 13.5. The highest BCUT2D eigenvalue weighted by Crippen LogP contribution is 2.36. The van der Waals surface area contributed by atoms with Crippen molar-refractivity contribution in [3.8, 4) is 11.1 Å². The molecule has 0 radical (unpaired) electrons. The number of urea groups is 1. The maximum Gasteiger partial charge on any atom is 0.323 e. The van der Waals surface area contributed by atoms with Gasteiger partial charge in [0.05, 0.1) is 24.4 Å². The van der Waals surface area contributed by atoms with Crippen molar-refractivity contribution >= 4 is 34.2 Å². The molecule has 178 valence electrons. The Labute approximate surface area is 204 Å². The van der Waals surface area contributed by atoms with Gasteiger partial charge in [-0.25, -0.2) is 4.79 Å². The van der Waals surface area contributed by atoms with E-state index in [1.54, 1.807) is 4.90 Å². The third-order valence-electron chi connectivity index (χ3n) is 6.29. The number of rotatable bonds is 4. The van der Waals surface area contributed by atoms with Crippen LogP contribution in [-0.2, 0) is 4.74 Å². The first-order valence-electron chi connectivity index (χ1n) is 11.7. The van der Waals surface area contributed by atoms with E-state index in [1.807, 2.05) is 80.6 Å². The van der Waals surface area contributed by atoms with E-state index in [9.17, 15) is 9.59 Å². The van der Waals surface area contributed by atoms with E-state index < -0.39 is 0 Å². The molecule has 35 heavy (non-hydrogen) atoms. The van der Waals surface area contributed by atoms with Crippen LogP contribution in [0.4, 0.5) is 16.2 Å². The number of H-pyrrole nitrogens is 1. The summed E-state index contributed by atoms with van der Waals surface area (Å²) < 4.78 is 5.43. The minimum absolute atomic E-state index is 0.0750. The second kappa shape index (κ2) is 9.64. The molecule has 5 rings (SSSR count). The molecule has 0 atom stereocenters. The highest BCUT2D eigenvalue weighted by molar-refractivity contribution is 6.14. The van der Waals surface area contributed by atoms with Gasteiger partial charge in [0.15, 0.2) is 0 Å². The molecule has 1 saturated heterocycles. The average Bonchev–Trinajstić information content (AvgIpc) is 3.27. The summed E-state index contributed by atoms with van der Waals surface area (Å²) in [5.41, 5.74) is 6.46. The van der Waals surface area contributed by atoms with E-state index in [4.69, 9.17) is 4.74 Å². The molecule has 7 nitrogen and oxygen atoms in total. The van der Waals surface area contributed by atoms with Gasteiger partial charge in [0.1, 0.15) is 5.69 Å². The highest BCUT2D eigenvalue weighted by Gasteiger charge is 2.26. The Balaban J connectivity index is 1.53. The molecule has 3 amide bonds. The molecule has 4 aromatic rings. The van der Waals surface area contributed by atoms with Gasteiger partial charge in [0, 0.05) is 29.7 Å². The van der Waals surface area contributed by atoms with E-state index in [0.717, 1.165) is 33.3 Å². The predicted octanol–water partition coefficient (Wildman–Crippen LogP) is 5.57. The van der Waals surface area contributed by atoms with E-state index in [0.29, 0.717) is 43.2 Å². The van der Waals surface area contributed by atoms with E-state index in [-0.39, 0.29) is 11.9 Å². The van der Waals surface area contributed by atoms with Crippen LogP contribution in [0.25, 0.3) is 22.0 Å². The van der Waals surface area contributed by atoms with Crippen LogP contribution in [0.1, 0.15) is 21.6 Å².